The lowest BCUT2D eigenvalue weighted by Crippen LogP contribution is -1.91. The Hall–Kier alpha value is -2.61. The quantitative estimate of drug-likeness (QED) is 0.501. The van der Waals surface area contributed by atoms with Gasteiger partial charge in [-0.15, -0.1) is 11.3 Å². The number of benzene rings is 1. The molecule has 0 unspecified atom stereocenters. The van der Waals surface area contributed by atoms with E-state index in [4.69, 9.17) is 11.6 Å². The molecule has 0 radical (unpaired) electrons. The maximum atomic E-state index is 9.44. The van der Waals surface area contributed by atoms with Crippen molar-refractivity contribution in [3.05, 3.63) is 70.7 Å². The molecule has 0 aliphatic heterocycles. The van der Waals surface area contributed by atoms with Gasteiger partial charge in [0.1, 0.15) is 0 Å². The molecule has 0 N–H and O–H groups in total. The van der Waals surface area contributed by atoms with E-state index in [2.05, 4.69) is 11.2 Å². The van der Waals surface area contributed by atoms with E-state index in [1.807, 2.05) is 58.6 Å². The molecule has 0 atom stereocenters. The fraction of sp³-hybridized carbons (Fsp3) is 0. The summed E-state index contributed by atoms with van der Waals surface area (Å²) in [4.78, 5) is 1.06. The second-order valence-corrected chi connectivity index (χ2v) is 6.44. The summed E-state index contributed by atoms with van der Waals surface area (Å²) in [5, 5.41) is 16.8. The van der Waals surface area contributed by atoms with Crippen LogP contribution in [-0.4, -0.2) is 9.61 Å². The van der Waals surface area contributed by atoms with Gasteiger partial charge in [-0.2, -0.15) is 10.4 Å². The van der Waals surface area contributed by atoms with Gasteiger partial charge in [-0.3, -0.25) is 0 Å². The number of nitrogens with zero attached hydrogens (tertiary/aromatic N) is 3. The monoisotopic (exact) mass is 335 g/mol. The number of hydrogen-bond acceptors (Lipinski definition) is 3. The molecular weight excluding hydrogens is 326 g/mol. The molecule has 5 heteroatoms. The fourth-order valence-electron chi connectivity index (χ4n) is 2.60. The van der Waals surface area contributed by atoms with Crippen LogP contribution in [-0.2, 0) is 0 Å². The van der Waals surface area contributed by atoms with Crippen molar-refractivity contribution < 1.29 is 0 Å². The number of halogens is 1. The molecule has 3 heterocycles. The Kier molecular flexibility index (Phi) is 3.38. The third-order valence-electron chi connectivity index (χ3n) is 3.67. The van der Waals surface area contributed by atoms with Gasteiger partial charge in [0, 0.05) is 27.2 Å². The first-order chi connectivity index (χ1) is 11.3. The molecule has 4 aromatic rings. The Balaban J connectivity index is 1.97. The van der Waals surface area contributed by atoms with Crippen molar-refractivity contribution >= 4 is 28.5 Å². The van der Waals surface area contributed by atoms with Crippen LogP contribution in [0.25, 0.3) is 27.2 Å². The maximum Gasteiger partial charge on any atom is 0.0999 e. The van der Waals surface area contributed by atoms with Crippen LogP contribution in [0.5, 0.6) is 0 Å². The van der Waals surface area contributed by atoms with Crippen molar-refractivity contribution in [2.75, 3.05) is 0 Å². The van der Waals surface area contributed by atoms with E-state index < -0.39 is 0 Å². The largest absolute Gasteiger partial charge is 0.240 e. The first-order valence-electron chi connectivity index (χ1n) is 6.98. The maximum absolute atomic E-state index is 9.44. The third-order valence-corrected chi connectivity index (χ3v) is 4.81. The number of aromatic nitrogens is 2. The van der Waals surface area contributed by atoms with Crippen molar-refractivity contribution in [2.24, 2.45) is 0 Å². The molecule has 110 valence electrons. The van der Waals surface area contributed by atoms with E-state index in [1.54, 1.807) is 17.4 Å². The molecule has 0 spiro atoms. The van der Waals surface area contributed by atoms with E-state index in [0.717, 1.165) is 27.2 Å². The molecule has 1 aromatic carbocycles. The van der Waals surface area contributed by atoms with Gasteiger partial charge in [0.05, 0.1) is 22.8 Å². The van der Waals surface area contributed by atoms with Gasteiger partial charge in [-0.05, 0) is 35.7 Å². The van der Waals surface area contributed by atoms with E-state index >= 15 is 0 Å². The highest BCUT2D eigenvalue weighted by Gasteiger charge is 2.14. The Bertz CT molecular complexity index is 1020. The van der Waals surface area contributed by atoms with Crippen LogP contribution in [0.15, 0.2) is 60.1 Å². The molecule has 0 fully saturated rings. The average molecular weight is 336 g/mol. The summed E-state index contributed by atoms with van der Waals surface area (Å²) in [6, 6.07) is 17.7. The molecule has 0 aliphatic rings. The van der Waals surface area contributed by atoms with Crippen LogP contribution in [0.2, 0.25) is 5.02 Å². The molecule has 0 bridgehead atoms. The lowest BCUT2D eigenvalue weighted by atomic mass is 10.1. The van der Waals surface area contributed by atoms with Crippen molar-refractivity contribution in [1.82, 2.24) is 9.61 Å². The van der Waals surface area contributed by atoms with Gasteiger partial charge in [0.15, 0.2) is 0 Å². The summed E-state index contributed by atoms with van der Waals surface area (Å²) in [6.07, 6.45) is 1.82. The van der Waals surface area contributed by atoms with Crippen molar-refractivity contribution in [1.29, 1.82) is 5.26 Å². The second kappa shape index (κ2) is 5.54. The zero-order chi connectivity index (χ0) is 15.8. The minimum atomic E-state index is 0.655. The summed E-state index contributed by atoms with van der Waals surface area (Å²) < 4.78 is 1.82. The van der Waals surface area contributed by atoms with Crippen LogP contribution < -0.4 is 0 Å². The van der Waals surface area contributed by atoms with Crippen LogP contribution in [0.1, 0.15) is 5.56 Å². The summed E-state index contributed by atoms with van der Waals surface area (Å²) >= 11 is 7.57. The number of nitriles is 1. The zero-order valence-electron chi connectivity index (χ0n) is 11.9. The van der Waals surface area contributed by atoms with E-state index in [0.29, 0.717) is 10.6 Å². The predicted octanol–water partition coefficient (Wildman–Crippen LogP) is 5.25. The smallest absolute Gasteiger partial charge is 0.0999 e. The van der Waals surface area contributed by atoms with Crippen molar-refractivity contribution in [3.8, 4) is 27.8 Å². The summed E-state index contributed by atoms with van der Waals surface area (Å²) in [6.45, 7) is 0. The van der Waals surface area contributed by atoms with Crippen molar-refractivity contribution in [2.45, 2.75) is 0 Å². The zero-order valence-corrected chi connectivity index (χ0v) is 13.5. The lowest BCUT2D eigenvalue weighted by molar-refractivity contribution is 0.965. The molecule has 4 rings (SSSR count). The van der Waals surface area contributed by atoms with Gasteiger partial charge in [-0.25, -0.2) is 4.52 Å². The van der Waals surface area contributed by atoms with Gasteiger partial charge in [0.2, 0.25) is 0 Å². The summed E-state index contributed by atoms with van der Waals surface area (Å²) in [5.41, 5.74) is 4.36. The predicted molar refractivity (Wildman–Crippen MR) is 93.7 cm³/mol. The van der Waals surface area contributed by atoms with Gasteiger partial charge in [0.25, 0.3) is 0 Å². The van der Waals surface area contributed by atoms with Crippen LogP contribution >= 0.6 is 22.9 Å². The summed E-state index contributed by atoms with van der Waals surface area (Å²) in [5.74, 6) is 0. The Morgan fingerprint density at radius 1 is 1.13 bits per heavy atom. The van der Waals surface area contributed by atoms with E-state index in [1.165, 1.54) is 0 Å². The molecular formula is C18H10ClN3S. The number of pyridine rings is 1. The molecule has 0 aliphatic carbocycles. The number of thiophene rings is 1. The standard InChI is InChI=1S/C18H10ClN3S/c19-14-5-3-12(4-6-14)15-10-16-18(17-2-1-9-23-17)13(11-20)7-8-22(16)21-15/h1-10H. The molecule has 0 saturated carbocycles. The first kappa shape index (κ1) is 14.0. The van der Waals surface area contributed by atoms with Gasteiger partial charge < -0.3 is 0 Å². The molecule has 3 nitrogen and oxygen atoms in total. The Morgan fingerprint density at radius 3 is 2.65 bits per heavy atom. The van der Waals surface area contributed by atoms with E-state index in [-0.39, 0.29) is 0 Å². The highest BCUT2D eigenvalue weighted by molar-refractivity contribution is 7.13. The van der Waals surface area contributed by atoms with E-state index in [9.17, 15) is 5.26 Å². The molecule has 23 heavy (non-hydrogen) atoms. The van der Waals surface area contributed by atoms with Crippen LogP contribution in [0.3, 0.4) is 0 Å². The third kappa shape index (κ3) is 2.40. The minimum Gasteiger partial charge on any atom is -0.240 e. The topological polar surface area (TPSA) is 41.1 Å². The highest BCUT2D eigenvalue weighted by atomic mass is 35.5. The minimum absolute atomic E-state index is 0.655. The number of fused-ring (bicyclic) bond motifs is 1. The Labute approximate surface area is 142 Å². The van der Waals surface area contributed by atoms with Gasteiger partial charge in [-0.1, -0.05) is 29.8 Å². The number of hydrogen-bond donors (Lipinski definition) is 0. The second-order valence-electron chi connectivity index (χ2n) is 5.06. The Morgan fingerprint density at radius 2 is 1.96 bits per heavy atom. The average Bonchev–Trinajstić information content (AvgIpc) is 3.24. The fourth-order valence-corrected chi connectivity index (χ4v) is 3.52. The van der Waals surface area contributed by atoms with Gasteiger partial charge >= 0.3 is 0 Å². The first-order valence-corrected chi connectivity index (χ1v) is 8.24. The van der Waals surface area contributed by atoms with Crippen molar-refractivity contribution in [3.63, 3.8) is 0 Å². The van der Waals surface area contributed by atoms with Crippen LogP contribution in [0.4, 0.5) is 0 Å². The lowest BCUT2D eigenvalue weighted by Gasteiger charge is -2.03. The molecule has 0 amide bonds. The van der Waals surface area contributed by atoms with Crippen LogP contribution in [0, 0.1) is 11.3 Å². The SMILES string of the molecule is N#Cc1ccn2nc(-c3ccc(Cl)cc3)cc2c1-c1cccs1. The number of rotatable bonds is 2. The summed E-state index contributed by atoms with van der Waals surface area (Å²) in [7, 11) is 0. The normalized spacial score (nSPS) is 10.8. The molecule has 0 saturated heterocycles. The molecule has 3 aromatic heterocycles. The highest BCUT2D eigenvalue weighted by Crippen LogP contribution is 2.33.